The van der Waals surface area contributed by atoms with Gasteiger partial charge in [0.05, 0.1) is 16.7 Å². The fourth-order valence-corrected chi connectivity index (χ4v) is 1.23. The molecule has 0 amide bonds. The van der Waals surface area contributed by atoms with Gasteiger partial charge < -0.3 is 0 Å². The minimum atomic E-state index is -0.774. The number of hydrogen-bond donors (Lipinski definition) is 0. The molecule has 0 atom stereocenters. The third-order valence-electron chi connectivity index (χ3n) is 1.71. The molecule has 0 aromatic heterocycles. The predicted molar refractivity (Wildman–Crippen MR) is 50.5 cm³/mol. The lowest BCUT2D eigenvalue weighted by molar-refractivity contribution is 0.572. The normalized spacial score (nSPS) is 11.2. The lowest BCUT2D eigenvalue weighted by atomic mass is 10.1. The molecule has 1 aromatic carbocycles. The van der Waals surface area contributed by atoms with E-state index >= 15 is 0 Å². The van der Waals surface area contributed by atoms with Gasteiger partial charge in [0.2, 0.25) is 0 Å². The summed E-state index contributed by atoms with van der Waals surface area (Å²) in [4.78, 5) is 0. The molecule has 0 fully saturated rings. The van der Waals surface area contributed by atoms with E-state index in [2.05, 4.69) is 0 Å². The van der Waals surface area contributed by atoms with Crippen molar-refractivity contribution in [3.8, 4) is 6.07 Å². The van der Waals surface area contributed by atoms with Crippen molar-refractivity contribution in [1.82, 2.24) is 0 Å². The smallest absolute Gasteiger partial charge is 0.137 e. The predicted octanol–water partition coefficient (Wildman–Crippen LogP) is 3.38. The van der Waals surface area contributed by atoms with Gasteiger partial charge in [-0.3, -0.25) is 0 Å². The van der Waals surface area contributed by atoms with Crippen LogP contribution in [0.15, 0.2) is 18.2 Å². The number of hydrogen-bond acceptors (Lipinski definition) is 1. The number of nitriles is 1. The van der Waals surface area contributed by atoms with Gasteiger partial charge in [-0.25, -0.2) is 8.78 Å². The van der Waals surface area contributed by atoms with Crippen LogP contribution < -0.4 is 0 Å². The van der Waals surface area contributed by atoms with E-state index in [0.29, 0.717) is 0 Å². The van der Waals surface area contributed by atoms with E-state index in [1.54, 1.807) is 6.07 Å². The van der Waals surface area contributed by atoms with Crippen molar-refractivity contribution in [3.63, 3.8) is 0 Å². The number of benzene rings is 1. The molecule has 1 rings (SSSR count). The maximum absolute atomic E-state index is 13.4. The van der Waals surface area contributed by atoms with Crippen molar-refractivity contribution in [3.05, 3.63) is 41.0 Å². The van der Waals surface area contributed by atoms with Gasteiger partial charge in [-0.1, -0.05) is 17.7 Å². The van der Waals surface area contributed by atoms with Crippen LogP contribution in [0, 0.1) is 29.9 Å². The second-order valence-corrected chi connectivity index (χ2v) is 3.08. The van der Waals surface area contributed by atoms with Crippen LogP contribution in [0.3, 0.4) is 0 Å². The van der Waals surface area contributed by atoms with Gasteiger partial charge in [-0.05, 0) is 18.6 Å². The maximum Gasteiger partial charge on any atom is 0.137 e. The van der Waals surface area contributed by atoms with E-state index in [0.717, 1.165) is 12.1 Å². The molecule has 0 spiro atoms. The van der Waals surface area contributed by atoms with E-state index in [9.17, 15) is 8.78 Å². The number of allylic oxidation sites excluding steroid dienone is 1. The van der Waals surface area contributed by atoms with Gasteiger partial charge in [0.15, 0.2) is 0 Å². The summed E-state index contributed by atoms with van der Waals surface area (Å²) in [5.74, 6) is -1.51. The number of nitrogens with zero attached hydrogens (tertiary/aromatic N) is 1. The molecular formula is C10H6ClF2N. The Morgan fingerprint density at radius 1 is 1.50 bits per heavy atom. The van der Waals surface area contributed by atoms with E-state index in [4.69, 9.17) is 16.9 Å². The second kappa shape index (κ2) is 4.21. The van der Waals surface area contributed by atoms with Crippen molar-refractivity contribution in [2.45, 2.75) is 6.92 Å². The molecule has 0 bridgehead atoms. The molecule has 0 aliphatic heterocycles. The first kappa shape index (κ1) is 10.7. The fourth-order valence-electron chi connectivity index (χ4n) is 1.00. The van der Waals surface area contributed by atoms with Crippen molar-refractivity contribution in [1.29, 1.82) is 5.26 Å². The number of halogens is 3. The molecule has 14 heavy (non-hydrogen) atoms. The van der Waals surface area contributed by atoms with Crippen molar-refractivity contribution >= 4 is 16.6 Å². The van der Waals surface area contributed by atoms with Crippen LogP contribution in [0.1, 0.15) is 11.1 Å². The highest BCUT2D eigenvalue weighted by atomic mass is 35.5. The molecule has 72 valence electrons. The van der Waals surface area contributed by atoms with Crippen LogP contribution in [-0.2, 0) is 0 Å². The minimum absolute atomic E-state index is 0.230. The maximum atomic E-state index is 13.4. The Labute approximate surface area is 85.2 Å². The zero-order valence-electron chi connectivity index (χ0n) is 7.31. The summed E-state index contributed by atoms with van der Waals surface area (Å²) in [6.45, 7) is 1.49. The molecule has 0 heterocycles. The van der Waals surface area contributed by atoms with Gasteiger partial charge in [0.1, 0.15) is 11.6 Å². The Balaban J connectivity index is 3.42. The highest BCUT2D eigenvalue weighted by Gasteiger charge is 2.13. The van der Waals surface area contributed by atoms with Gasteiger partial charge in [0.25, 0.3) is 0 Å². The first-order valence-corrected chi connectivity index (χ1v) is 4.16. The number of aryl methyl sites for hydroxylation is 1. The molecule has 0 radical (unpaired) electrons. The first-order valence-electron chi connectivity index (χ1n) is 3.78. The Hall–Kier alpha value is -1.40. The molecular weight excluding hydrogens is 208 g/mol. The van der Waals surface area contributed by atoms with Gasteiger partial charge >= 0.3 is 0 Å². The Kier molecular flexibility index (Phi) is 3.21. The third kappa shape index (κ3) is 1.91. The van der Waals surface area contributed by atoms with E-state index in [1.165, 1.54) is 13.0 Å². The summed E-state index contributed by atoms with van der Waals surface area (Å²) in [5, 5.41) is 8.06. The molecule has 0 aliphatic carbocycles. The highest BCUT2D eigenvalue weighted by molar-refractivity contribution is 6.49. The number of rotatable bonds is 1. The molecule has 0 saturated heterocycles. The van der Waals surface area contributed by atoms with Crippen LogP contribution >= 0.6 is 11.6 Å². The van der Waals surface area contributed by atoms with Crippen LogP contribution in [-0.4, -0.2) is 0 Å². The third-order valence-corrected chi connectivity index (χ3v) is 2.01. The average Bonchev–Trinajstić information content (AvgIpc) is 2.13. The Morgan fingerprint density at radius 3 is 2.71 bits per heavy atom. The minimum Gasteiger partial charge on any atom is -0.206 e. The van der Waals surface area contributed by atoms with Crippen molar-refractivity contribution in [2.24, 2.45) is 0 Å². The van der Waals surface area contributed by atoms with Gasteiger partial charge in [0, 0.05) is 6.08 Å². The first-order chi connectivity index (χ1) is 6.57. The molecule has 1 nitrogen and oxygen atoms in total. The summed E-state index contributed by atoms with van der Waals surface area (Å²) in [6.07, 6.45) is 0.891. The van der Waals surface area contributed by atoms with E-state index in [1.807, 2.05) is 0 Å². The van der Waals surface area contributed by atoms with Crippen LogP contribution in [0.5, 0.6) is 0 Å². The van der Waals surface area contributed by atoms with E-state index in [-0.39, 0.29) is 16.2 Å². The Morgan fingerprint density at radius 2 is 2.14 bits per heavy atom. The summed E-state index contributed by atoms with van der Waals surface area (Å²) >= 11 is 5.55. The van der Waals surface area contributed by atoms with Gasteiger partial charge in [-0.2, -0.15) is 5.26 Å². The molecule has 1 aromatic rings. The highest BCUT2D eigenvalue weighted by Crippen LogP contribution is 2.26. The Bertz CT molecular complexity index is 432. The monoisotopic (exact) mass is 213 g/mol. The second-order valence-electron chi connectivity index (χ2n) is 2.67. The van der Waals surface area contributed by atoms with Gasteiger partial charge in [-0.15, -0.1) is 0 Å². The summed E-state index contributed by atoms with van der Waals surface area (Å²) in [5.41, 5.74) is -0.0703. The zero-order chi connectivity index (χ0) is 10.7. The standard InChI is InChI=1S/C10H6ClF2N/c1-6-2-3-8(12)9(10(6)13)7(11)4-5-14/h2-4H,1H3/b7-4-. The lowest BCUT2D eigenvalue weighted by Gasteiger charge is -2.04. The summed E-state index contributed by atoms with van der Waals surface area (Å²) < 4.78 is 26.5. The van der Waals surface area contributed by atoms with Crippen molar-refractivity contribution < 1.29 is 8.78 Å². The molecule has 4 heteroatoms. The molecule has 0 saturated carbocycles. The lowest BCUT2D eigenvalue weighted by Crippen LogP contribution is -1.94. The molecule has 0 aliphatic rings. The zero-order valence-corrected chi connectivity index (χ0v) is 8.07. The molecule has 0 N–H and O–H groups in total. The average molecular weight is 214 g/mol. The van der Waals surface area contributed by atoms with Crippen LogP contribution in [0.2, 0.25) is 0 Å². The van der Waals surface area contributed by atoms with Crippen LogP contribution in [0.4, 0.5) is 8.78 Å². The fraction of sp³-hybridized carbons (Fsp3) is 0.100. The van der Waals surface area contributed by atoms with Crippen LogP contribution in [0.25, 0.3) is 5.03 Å². The summed E-state index contributed by atoms with van der Waals surface area (Å²) in [7, 11) is 0. The van der Waals surface area contributed by atoms with E-state index < -0.39 is 11.6 Å². The van der Waals surface area contributed by atoms with Crippen molar-refractivity contribution in [2.75, 3.05) is 0 Å². The topological polar surface area (TPSA) is 23.8 Å². The SMILES string of the molecule is Cc1ccc(F)c(/C(Cl)=C/C#N)c1F. The summed E-state index contributed by atoms with van der Waals surface area (Å²) in [6, 6.07) is 4.04. The quantitative estimate of drug-likeness (QED) is 0.656. The molecule has 0 unspecified atom stereocenters. The largest absolute Gasteiger partial charge is 0.206 e.